The second-order valence-electron chi connectivity index (χ2n) is 4.81. The number of amides is 1. The van der Waals surface area contributed by atoms with Gasteiger partial charge in [-0.2, -0.15) is 5.10 Å². The molecular formula is C13H16ClN5O. The first-order valence-electron chi connectivity index (χ1n) is 6.09. The van der Waals surface area contributed by atoms with Crippen molar-refractivity contribution in [1.29, 1.82) is 0 Å². The van der Waals surface area contributed by atoms with Gasteiger partial charge in [-0.15, -0.1) is 0 Å². The molecule has 0 bridgehead atoms. The number of para-hydroxylation sites is 1. The Morgan fingerprint density at radius 2 is 2.15 bits per heavy atom. The minimum absolute atomic E-state index is 0.163. The molecule has 1 amide bonds. The summed E-state index contributed by atoms with van der Waals surface area (Å²) in [6.45, 7) is 3.59. The molecule has 2 aromatic rings. The molecule has 1 aromatic heterocycles. The van der Waals surface area contributed by atoms with E-state index in [0.717, 1.165) is 0 Å². The molecule has 2 rings (SSSR count). The molecule has 20 heavy (non-hydrogen) atoms. The van der Waals surface area contributed by atoms with E-state index in [1.54, 1.807) is 39.1 Å². The van der Waals surface area contributed by atoms with Gasteiger partial charge in [0, 0.05) is 0 Å². The number of carbonyl (C=O) groups is 1. The maximum atomic E-state index is 12.2. The molecule has 0 fully saturated rings. The van der Waals surface area contributed by atoms with Gasteiger partial charge in [-0.25, -0.2) is 9.67 Å². The van der Waals surface area contributed by atoms with E-state index in [2.05, 4.69) is 20.7 Å². The molecule has 6 nitrogen and oxygen atoms in total. The monoisotopic (exact) mass is 293 g/mol. The standard InChI is InChI=1S/C13H16ClN5O/c1-13(2,15-3)12(20)18-10-6-4-5-9(14)11(10)19-8-16-7-17-19/h4-8,15H,1-3H3,(H,18,20). The van der Waals surface area contributed by atoms with E-state index in [1.807, 2.05) is 0 Å². The molecule has 0 saturated carbocycles. The first-order chi connectivity index (χ1) is 9.45. The Bertz CT molecular complexity index is 609. The fourth-order valence-corrected chi connectivity index (χ4v) is 1.83. The van der Waals surface area contributed by atoms with Crippen LogP contribution in [0, 0.1) is 0 Å². The summed E-state index contributed by atoms with van der Waals surface area (Å²) < 4.78 is 1.52. The normalized spacial score (nSPS) is 11.4. The number of halogens is 1. The Hall–Kier alpha value is -1.92. The summed E-state index contributed by atoms with van der Waals surface area (Å²) in [4.78, 5) is 16.1. The lowest BCUT2D eigenvalue weighted by molar-refractivity contribution is -0.121. The Morgan fingerprint density at radius 3 is 2.75 bits per heavy atom. The van der Waals surface area contributed by atoms with Gasteiger partial charge >= 0.3 is 0 Å². The number of anilines is 1. The average molecular weight is 294 g/mol. The van der Waals surface area contributed by atoms with Crippen LogP contribution >= 0.6 is 11.6 Å². The molecule has 2 N–H and O–H groups in total. The molecule has 0 unspecified atom stereocenters. The number of hydrogen-bond donors (Lipinski definition) is 2. The van der Waals surface area contributed by atoms with Crippen LogP contribution in [0.2, 0.25) is 5.02 Å². The molecule has 1 aromatic carbocycles. The van der Waals surface area contributed by atoms with E-state index >= 15 is 0 Å². The fourth-order valence-electron chi connectivity index (χ4n) is 1.56. The Morgan fingerprint density at radius 1 is 1.40 bits per heavy atom. The Labute approximate surface area is 122 Å². The number of nitrogens with zero attached hydrogens (tertiary/aromatic N) is 3. The summed E-state index contributed by atoms with van der Waals surface area (Å²) in [5.41, 5.74) is 0.477. The SMILES string of the molecule is CNC(C)(C)C(=O)Nc1cccc(Cl)c1-n1cncn1. The third-order valence-electron chi connectivity index (χ3n) is 3.08. The van der Waals surface area contributed by atoms with Gasteiger partial charge in [0.15, 0.2) is 0 Å². The van der Waals surface area contributed by atoms with Crippen LogP contribution in [-0.4, -0.2) is 33.3 Å². The lowest BCUT2D eigenvalue weighted by Gasteiger charge is -2.23. The van der Waals surface area contributed by atoms with Gasteiger partial charge in [-0.3, -0.25) is 4.79 Å². The molecule has 7 heteroatoms. The fraction of sp³-hybridized carbons (Fsp3) is 0.308. The molecule has 0 radical (unpaired) electrons. The highest BCUT2D eigenvalue weighted by molar-refractivity contribution is 6.33. The maximum Gasteiger partial charge on any atom is 0.244 e. The lowest BCUT2D eigenvalue weighted by Crippen LogP contribution is -2.48. The zero-order chi connectivity index (χ0) is 14.8. The number of benzene rings is 1. The molecule has 0 atom stereocenters. The predicted molar refractivity (Wildman–Crippen MR) is 78.1 cm³/mol. The Kier molecular flexibility index (Phi) is 4.06. The van der Waals surface area contributed by atoms with Gasteiger partial charge in [0.1, 0.15) is 18.3 Å². The zero-order valence-electron chi connectivity index (χ0n) is 11.5. The van der Waals surface area contributed by atoms with Gasteiger partial charge in [0.2, 0.25) is 5.91 Å². The summed E-state index contributed by atoms with van der Waals surface area (Å²) in [5.74, 6) is -0.163. The second-order valence-corrected chi connectivity index (χ2v) is 5.21. The van der Waals surface area contributed by atoms with Crippen LogP contribution in [0.5, 0.6) is 0 Å². The number of nitrogens with one attached hydrogen (secondary N) is 2. The van der Waals surface area contributed by atoms with Crippen LogP contribution in [0.4, 0.5) is 5.69 Å². The maximum absolute atomic E-state index is 12.2. The molecule has 1 heterocycles. The number of hydrogen-bond acceptors (Lipinski definition) is 4. The van der Waals surface area contributed by atoms with Crippen molar-refractivity contribution in [3.8, 4) is 5.69 Å². The van der Waals surface area contributed by atoms with Crippen LogP contribution in [0.3, 0.4) is 0 Å². The first-order valence-corrected chi connectivity index (χ1v) is 6.47. The Balaban J connectivity index is 2.39. The topological polar surface area (TPSA) is 71.8 Å². The summed E-state index contributed by atoms with van der Waals surface area (Å²) in [6.07, 6.45) is 2.94. The molecule has 0 aliphatic rings. The van der Waals surface area contributed by atoms with Crippen LogP contribution in [0.15, 0.2) is 30.9 Å². The van der Waals surface area contributed by atoms with Crippen LogP contribution in [-0.2, 0) is 4.79 Å². The molecule has 0 aliphatic heterocycles. The number of rotatable bonds is 4. The smallest absolute Gasteiger partial charge is 0.244 e. The summed E-state index contributed by atoms with van der Waals surface area (Å²) in [7, 11) is 1.73. The third kappa shape index (κ3) is 2.81. The highest BCUT2D eigenvalue weighted by atomic mass is 35.5. The highest BCUT2D eigenvalue weighted by Crippen LogP contribution is 2.28. The minimum atomic E-state index is -0.693. The summed E-state index contributed by atoms with van der Waals surface area (Å²) in [5, 5.41) is 10.3. The van der Waals surface area contributed by atoms with Crippen LogP contribution in [0.25, 0.3) is 5.69 Å². The molecule has 0 spiro atoms. The van der Waals surface area contributed by atoms with Crippen molar-refractivity contribution in [2.24, 2.45) is 0 Å². The number of aromatic nitrogens is 3. The van der Waals surface area contributed by atoms with Crippen LogP contribution < -0.4 is 10.6 Å². The van der Waals surface area contributed by atoms with E-state index in [-0.39, 0.29) is 5.91 Å². The number of carbonyl (C=O) groups excluding carboxylic acids is 1. The van der Waals surface area contributed by atoms with E-state index in [1.165, 1.54) is 17.3 Å². The van der Waals surface area contributed by atoms with Gasteiger partial charge in [-0.05, 0) is 33.0 Å². The van der Waals surface area contributed by atoms with Crippen molar-refractivity contribution in [1.82, 2.24) is 20.1 Å². The average Bonchev–Trinajstić information content (AvgIpc) is 2.92. The van der Waals surface area contributed by atoms with Crippen molar-refractivity contribution in [3.05, 3.63) is 35.9 Å². The van der Waals surface area contributed by atoms with Crippen molar-refractivity contribution < 1.29 is 4.79 Å². The van der Waals surface area contributed by atoms with E-state index < -0.39 is 5.54 Å². The zero-order valence-corrected chi connectivity index (χ0v) is 12.3. The van der Waals surface area contributed by atoms with E-state index in [0.29, 0.717) is 16.4 Å². The third-order valence-corrected chi connectivity index (χ3v) is 3.38. The van der Waals surface area contributed by atoms with Gasteiger partial charge in [-0.1, -0.05) is 17.7 Å². The van der Waals surface area contributed by atoms with Gasteiger partial charge < -0.3 is 10.6 Å². The molecule has 106 valence electrons. The van der Waals surface area contributed by atoms with Crippen molar-refractivity contribution in [2.45, 2.75) is 19.4 Å². The van der Waals surface area contributed by atoms with Gasteiger partial charge in [0.05, 0.1) is 16.2 Å². The van der Waals surface area contributed by atoms with E-state index in [9.17, 15) is 4.79 Å². The van der Waals surface area contributed by atoms with E-state index in [4.69, 9.17) is 11.6 Å². The predicted octanol–water partition coefficient (Wildman–Crippen LogP) is 1.86. The first kappa shape index (κ1) is 14.5. The largest absolute Gasteiger partial charge is 0.323 e. The molecule has 0 saturated heterocycles. The second kappa shape index (κ2) is 5.60. The van der Waals surface area contributed by atoms with Crippen LogP contribution in [0.1, 0.15) is 13.8 Å². The summed E-state index contributed by atoms with van der Waals surface area (Å²) in [6, 6.07) is 5.27. The lowest BCUT2D eigenvalue weighted by atomic mass is 10.0. The number of likely N-dealkylation sites (N-methyl/N-ethyl adjacent to an activating group) is 1. The molecule has 0 aliphatic carbocycles. The summed E-state index contributed by atoms with van der Waals surface area (Å²) >= 11 is 6.20. The van der Waals surface area contributed by atoms with Gasteiger partial charge in [0.25, 0.3) is 0 Å². The quantitative estimate of drug-likeness (QED) is 0.902. The van der Waals surface area contributed by atoms with Crippen molar-refractivity contribution in [3.63, 3.8) is 0 Å². The van der Waals surface area contributed by atoms with Crippen molar-refractivity contribution in [2.75, 3.05) is 12.4 Å². The highest BCUT2D eigenvalue weighted by Gasteiger charge is 2.26. The molecular weight excluding hydrogens is 278 g/mol. The minimum Gasteiger partial charge on any atom is -0.323 e. The van der Waals surface area contributed by atoms with Crippen molar-refractivity contribution >= 4 is 23.2 Å².